The summed E-state index contributed by atoms with van der Waals surface area (Å²) in [6, 6.07) is 11.2. The molecule has 110 valence electrons. The molecule has 1 heterocycles. The first-order chi connectivity index (χ1) is 10.1. The van der Waals surface area contributed by atoms with Gasteiger partial charge >= 0.3 is 0 Å². The first kappa shape index (κ1) is 15.0. The van der Waals surface area contributed by atoms with Gasteiger partial charge in [0.1, 0.15) is 0 Å². The molecule has 21 heavy (non-hydrogen) atoms. The Balaban J connectivity index is 2.06. The van der Waals surface area contributed by atoms with Crippen LogP contribution < -0.4 is 0 Å². The minimum atomic E-state index is 1.09. The summed E-state index contributed by atoms with van der Waals surface area (Å²) in [6.45, 7) is 1.09. The van der Waals surface area contributed by atoms with Crippen molar-refractivity contribution in [2.75, 3.05) is 20.6 Å². The molecule has 0 bridgehead atoms. The van der Waals surface area contributed by atoms with Crippen molar-refractivity contribution in [3.05, 3.63) is 61.8 Å². The minimum absolute atomic E-state index is 1.09. The molecule has 1 aromatic carbocycles. The number of fused-ring (bicyclic) bond motifs is 2. The lowest BCUT2D eigenvalue weighted by atomic mass is 9.95. The minimum Gasteiger partial charge on any atom is -0.309 e. The summed E-state index contributed by atoms with van der Waals surface area (Å²) in [6.07, 6.45) is 5.79. The van der Waals surface area contributed by atoms with Crippen molar-refractivity contribution in [1.82, 2.24) is 4.90 Å². The zero-order chi connectivity index (χ0) is 14.8. The summed E-state index contributed by atoms with van der Waals surface area (Å²) < 4.78 is 1.24. The number of aryl methyl sites for hydroxylation is 2. The van der Waals surface area contributed by atoms with Gasteiger partial charge in [-0.3, -0.25) is 0 Å². The molecule has 2 aromatic rings. The van der Waals surface area contributed by atoms with E-state index in [1.165, 1.54) is 30.9 Å². The Kier molecular flexibility index (Phi) is 4.63. The van der Waals surface area contributed by atoms with E-state index in [0.29, 0.717) is 0 Å². The molecule has 0 aliphatic heterocycles. The summed E-state index contributed by atoms with van der Waals surface area (Å²) in [5.74, 6) is 0. The fourth-order valence-corrected chi connectivity index (χ4v) is 4.60. The van der Waals surface area contributed by atoms with Gasteiger partial charge in [0.05, 0.1) is 3.79 Å². The number of hydrogen-bond donors (Lipinski definition) is 0. The van der Waals surface area contributed by atoms with Gasteiger partial charge in [0.2, 0.25) is 0 Å². The number of rotatable bonds is 3. The molecule has 0 amide bonds. The first-order valence-corrected chi connectivity index (χ1v) is 8.98. The van der Waals surface area contributed by atoms with Crippen molar-refractivity contribution in [1.29, 1.82) is 0 Å². The highest BCUT2D eigenvalue weighted by atomic mass is 79.9. The third-order valence-corrected chi connectivity index (χ3v) is 5.62. The largest absolute Gasteiger partial charge is 0.309 e. The van der Waals surface area contributed by atoms with Crippen molar-refractivity contribution in [3.63, 3.8) is 0 Å². The summed E-state index contributed by atoms with van der Waals surface area (Å²) in [4.78, 5) is 3.75. The van der Waals surface area contributed by atoms with Crippen LogP contribution in [0.2, 0.25) is 0 Å². The smallest absolute Gasteiger partial charge is 0.0707 e. The molecule has 1 aliphatic carbocycles. The number of benzene rings is 1. The Labute approximate surface area is 139 Å². The average Bonchev–Trinajstić information content (AvgIpc) is 2.76. The van der Waals surface area contributed by atoms with Crippen LogP contribution in [0.4, 0.5) is 0 Å². The summed E-state index contributed by atoms with van der Waals surface area (Å²) in [5.41, 5.74) is 5.74. The molecule has 0 fully saturated rings. The van der Waals surface area contributed by atoms with Crippen molar-refractivity contribution in [2.45, 2.75) is 19.3 Å². The van der Waals surface area contributed by atoms with Crippen molar-refractivity contribution in [2.24, 2.45) is 0 Å². The van der Waals surface area contributed by atoms with Crippen LogP contribution in [0.15, 0.2) is 40.2 Å². The van der Waals surface area contributed by atoms with Gasteiger partial charge in [-0.15, -0.1) is 11.3 Å². The van der Waals surface area contributed by atoms with Gasteiger partial charge in [0, 0.05) is 11.4 Å². The normalized spacial score (nSPS) is 15.9. The molecule has 0 spiro atoms. The molecule has 0 unspecified atom stereocenters. The van der Waals surface area contributed by atoms with Crippen LogP contribution in [0.25, 0.3) is 5.57 Å². The second-order valence-electron chi connectivity index (χ2n) is 5.75. The molecular weight excluding hydrogens is 342 g/mol. The molecule has 0 N–H and O–H groups in total. The van der Waals surface area contributed by atoms with Crippen LogP contribution in [0.1, 0.15) is 28.0 Å². The van der Waals surface area contributed by atoms with E-state index in [9.17, 15) is 0 Å². The summed E-state index contributed by atoms with van der Waals surface area (Å²) in [7, 11) is 4.26. The van der Waals surface area contributed by atoms with Crippen LogP contribution in [0.3, 0.4) is 0 Å². The fraction of sp³-hybridized carbons (Fsp3) is 0.333. The fourth-order valence-electron chi connectivity index (χ4n) is 2.89. The highest BCUT2D eigenvalue weighted by molar-refractivity contribution is 9.11. The van der Waals surface area contributed by atoms with Crippen LogP contribution in [-0.2, 0) is 12.8 Å². The van der Waals surface area contributed by atoms with Gasteiger partial charge in [-0.05, 0) is 77.6 Å². The molecule has 1 aromatic heterocycles. The molecule has 3 heteroatoms. The lowest BCUT2D eigenvalue weighted by Gasteiger charge is -2.11. The number of thiophene rings is 1. The lowest BCUT2D eigenvalue weighted by Crippen LogP contribution is -2.12. The summed E-state index contributed by atoms with van der Waals surface area (Å²) >= 11 is 5.54. The number of halogens is 1. The average molecular weight is 362 g/mol. The highest BCUT2D eigenvalue weighted by Gasteiger charge is 2.19. The molecule has 0 saturated carbocycles. The monoisotopic (exact) mass is 361 g/mol. The molecule has 0 saturated heterocycles. The second kappa shape index (κ2) is 6.47. The SMILES string of the molecule is CN(C)CCC=C1c2ccccc2CCc2sc(Br)cc21. The van der Waals surface area contributed by atoms with Crippen molar-refractivity contribution in [3.8, 4) is 0 Å². The predicted octanol–water partition coefficient (Wildman–Crippen LogP) is 4.99. The Morgan fingerprint density at radius 2 is 2.00 bits per heavy atom. The van der Waals surface area contributed by atoms with Crippen LogP contribution >= 0.6 is 27.3 Å². The maximum Gasteiger partial charge on any atom is 0.0707 e. The van der Waals surface area contributed by atoms with E-state index in [0.717, 1.165) is 25.8 Å². The van der Waals surface area contributed by atoms with Crippen molar-refractivity contribution < 1.29 is 0 Å². The van der Waals surface area contributed by atoms with E-state index >= 15 is 0 Å². The van der Waals surface area contributed by atoms with E-state index < -0.39 is 0 Å². The van der Waals surface area contributed by atoms with Gasteiger partial charge in [0.25, 0.3) is 0 Å². The van der Waals surface area contributed by atoms with Crippen LogP contribution in [-0.4, -0.2) is 25.5 Å². The molecular formula is C18H20BrNS. The van der Waals surface area contributed by atoms with Crippen molar-refractivity contribution >= 4 is 32.8 Å². The van der Waals surface area contributed by atoms with Gasteiger partial charge in [0.15, 0.2) is 0 Å². The Bertz CT molecular complexity index is 670. The lowest BCUT2D eigenvalue weighted by molar-refractivity contribution is 0.417. The first-order valence-electron chi connectivity index (χ1n) is 7.37. The number of nitrogens with zero attached hydrogens (tertiary/aromatic N) is 1. The molecule has 1 aliphatic rings. The van der Waals surface area contributed by atoms with Gasteiger partial charge < -0.3 is 4.90 Å². The predicted molar refractivity (Wildman–Crippen MR) is 96.1 cm³/mol. The maximum atomic E-state index is 3.66. The molecule has 0 radical (unpaired) electrons. The molecule has 1 nitrogen and oxygen atoms in total. The third kappa shape index (κ3) is 3.31. The van der Waals surface area contributed by atoms with E-state index in [4.69, 9.17) is 0 Å². The Morgan fingerprint density at radius 1 is 1.19 bits per heavy atom. The molecule has 3 rings (SSSR count). The Hall–Kier alpha value is -0.900. The maximum absolute atomic E-state index is 3.66. The Morgan fingerprint density at radius 3 is 2.81 bits per heavy atom. The van der Waals surface area contributed by atoms with E-state index in [2.05, 4.69) is 71.3 Å². The number of hydrogen-bond acceptors (Lipinski definition) is 2. The standard InChI is InChI=1S/C18H20BrNS/c1-20(2)11-5-8-15-14-7-4-3-6-13(14)9-10-17-16(15)12-18(19)21-17/h3-4,6-8,12H,5,9-11H2,1-2H3. The van der Waals surface area contributed by atoms with E-state index in [-0.39, 0.29) is 0 Å². The molecule has 0 atom stereocenters. The van der Waals surface area contributed by atoms with Crippen LogP contribution in [0, 0.1) is 0 Å². The summed E-state index contributed by atoms with van der Waals surface area (Å²) in [5, 5.41) is 0. The van der Waals surface area contributed by atoms with Crippen LogP contribution in [0.5, 0.6) is 0 Å². The van der Waals surface area contributed by atoms with Gasteiger partial charge in [-0.25, -0.2) is 0 Å². The highest BCUT2D eigenvalue weighted by Crippen LogP contribution is 2.39. The van der Waals surface area contributed by atoms with Gasteiger partial charge in [-0.2, -0.15) is 0 Å². The van der Waals surface area contributed by atoms with E-state index in [1.54, 1.807) is 0 Å². The van der Waals surface area contributed by atoms with E-state index in [1.807, 2.05) is 11.3 Å². The zero-order valence-corrected chi connectivity index (χ0v) is 14.9. The second-order valence-corrected chi connectivity index (χ2v) is 8.27. The third-order valence-electron chi connectivity index (χ3n) is 3.92. The van der Waals surface area contributed by atoms with Gasteiger partial charge in [-0.1, -0.05) is 30.3 Å². The quantitative estimate of drug-likeness (QED) is 0.743. The zero-order valence-electron chi connectivity index (χ0n) is 12.5. The topological polar surface area (TPSA) is 3.24 Å².